The third kappa shape index (κ3) is 5.75. The number of nitrogens with one attached hydrogen (secondary N) is 1. The number of nitrogens with zero attached hydrogens (tertiary/aromatic N) is 4. The molecule has 8 heteroatoms. The second-order valence-electron chi connectivity index (χ2n) is 9.69. The van der Waals surface area contributed by atoms with Gasteiger partial charge in [-0.05, 0) is 104 Å². The molecule has 37 heavy (non-hydrogen) atoms. The summed E-state index contributed by atoms with van der Waals surface area (Å²) in [4.78, 5) is 29.3. The summed E-state index contributed by atoms with van der Waals surface area (Å²) >= 11 is 2.27. The number of ether oxygens (including phenoxy) is 1. The van der Waals surface area contributed by atoms with E-state index in [1.54, 1.807) is 6.20 Å². The Bertz CT molecular complexity index is 1440. The van der Waals surface area contributed by atoms with Crippen molar-refractivity contribution in [2.45, 2.75) is 46.4 Å². The monoisotopic (exact) mass is 607 g/mol. The van der Waals surface area contributed by atoms with E-state index in [2.05, 4.69) is 58.6 Å². The van der Waals surface area contributed by atoms with Crippen LogP contribution in [-0.4, -0.2) is 46.2 Å². The average molecular weight is 607 g/mol. The molecule has 0 unspecified atom stereocenters. The number of benzene rings is 1. The number of aryl methyl sites for hydroxylation is 1. The minimum atomic E-state index is -0.114. The summed E-state index contributed by atoms with van der Waals surface area (Å²) in [6.07, 6.45) is 2.13. The second kappa shape index (κ2) is 10.7. The number of rotatable bonds is 5. The molecule has 190 valence electrons. The van der Waals surface area contributed by atoms with Gasteiger partial charge in [0, 0.05) is 33.8 Å². The van der Waals surface area contributed by atoms with Crippen LogP contribution in [0, 0.1) is 17.4 Å². The van der Waals surface area contributed by atoms with E-state index in [0.717, 1.165) is 56.0 Å². The molecule has 1 N–H and O–H groups in total. The zero-order valence-electron chi connectivity index (χ0n) is 21.5. The first-order valence-corrected chi connectivity index (χ1v) is 13.5. The Labute approximate surface area is 230 Å². The van der Waals surface area contributed by atoms with Gasteiger partial charge in [-0.2, -0.15) is 0 Å². The van der Waals surface area contributed by atoms with E-state index in [1.165, 1.54) is 5.56 Å². The first-order valence-electron chi connectivity index (χ1n) is 12.5. The third-order valence-electron chi connectivity index (χ3n) is 6.67. The largest absolute Gasteiger partial charge is 0.372 e. The molecule has 1 fully saturated rings. The highest BCUT2D eigenvalue weighted by Crippen LogP contribution is 2.24. The van der Waals surface area contributed by atoms with Gasteiger partial charge in [0.2, 0.25) is 0 Å². The molecular formula is C29H30IN5O2. The lowest BCUT2D eigenvalue weighted by molar-refractivity contribution is -0.00545. The summed E-state index contributed by atoms with van der Waals surface area (Å²) in [5.74, 6) is 0.818. The van der Waals surface area contributed by atoms with Gasteiger partial charge < -0.3 is 15.0 Å². The molecule has 0 saturated carbocycles. The van der Waals surface area contributed by atoms with Crippen molar-refractivity contribution in [2.24, 2.45) is 0 Å². The number of hydrogen-bond acceptors (Lipinski definition) is 6. The standard InChI is InChI=1S/C29H30IN5O2/c1-17-10-22(11-24(30)20(17)4)29(36)32-14-23-12-27-21(13-31-23)8-9-26(33-27)25-6-5-7-28(34-25)35-15-18(2)37-19(3)16-35/h5-13,18-19H,14-16H2,1-4H3,(H,32,36)/t18-,19+. The van der Waals surface area contributed by atoms with Gasteiger partial charge in [0.05, 0.1) is 41.4 Å². The van der Waals surface area contributed by atoms with E-state index in [0.29, 0.717) is 12.1 Å². The van der Waals surface area contributed by atoms with Gasteiger partial charge in [-0.3, -0.25) is 9.78 Å². The molecule has 1 aliphatic heterocycles. The van der Waals surface area contributed by atoms with Gasteiger partial charge in [-0.1, -0.05) is 6.07 Å². The maximum atomic E-state index is 12.8. The number of carbonyl (C=O) groups is 1. The van der Waals surface area contributed by atoms with Crippen molar-refractivity contribution >= 4 is 45.2 Å². The zero-order chi connectivity index (χ0) is 26.1. The van der Waals surface area contributed by atoms with Crippen LogP contribution in [-0.2, 0) is 11.3 Å². The lowest BCUT2D eigenvalue weighted by Gasteiger charge is -2.36. The number of pyridine rings is 3. The molecule has 0 aliphatic carbocycles. The van der Waals surface area contributed by atoms with Crippen molar-refractivity contribution in [1.82, 2.24) is 20.3 Å². The Hall–Kier alpha value is -3.11. The van der Waals surface area contributed by atoms with Crippen LogP contribution in [0.5, 0.6) is 0 Å². The van der Waals surface area contributed by atoms with Crippen LogP contribution < -0.4 is 10.2 Å². The molecule has 2 atom stereocenters. The van der Waals surface area contributed by atoms with E-state index in [-0.39, 0.29) is 18.1 Å². The SMILES string of the molecule is Cc1cc(C(=O)NCc2cc3nc(-c4cccc(N5C[C@@H](C)O[C@@H](C)C5)n4)ccc3cn2)cc(I)c1C. The lowest BCUT2D eigenvalue weighted by Crippen LogP contribution is -2.45. The number of hydrogen-bond donors (Lipinski definition) is 1. The van der Waals surface area contributed by atoms with Crippen molar-refractivity contribution in [2.75, 3.05) is 18.0 Å². The zero-order valence-corrected chi connectivity index (χ0v) is 23.6. The third-order valence-corrected chi connectivity index (χ3v) is 7.79. The normalized spacial score (nSPS) is 17.7. The highest BCUT2D eigenvalue weighted by molar-refractivity contribution is 14.1. The average Bonchev–Trinajstić information content (AvgIpc) is 2.89. The Kier molecular flexibility index (Phi) is 7.39. The number of morpholine rings is 1. The number of amides is 1. The summed E-state index contributed by atoms with van der Waals surface area (Å²) in [6, 6.07) is 15.8. The van der Waals surface area contributed by atoms with Crippen molar-refractivity contribution in [3.05, 3.63) is 80.7 Å². The summed E-state index contributed by atoms with van der Waals surface area (Å²) in [6.45, 7) is 10.2. The molecule has 4 heterocycles. The molecule has 0 radical (unpaired) electrons. The molecular weight excluding hydrogens is 577 g/mol. The highest BCUT2D eigenvalue weighted by Gasteiger charge is 2.23. The van der Waals surface area contributed by atoms with Crippen LogP contribution in [0.4, 0.5) is 5.82 Å². The second-order valence-corrected chi connectivity index (χ2v) is 10.9. The minimum absolute atomic E-state index is 0.114. The first kappa shape index (κ1) is 25.5. The summed E-state index contributed by atoms with van der Waals surface area (Å²) in [5, 5.41) is 3.93. The maximum Gasteiger partial charge on any atom is 0.251 e. The molecule has 5 rings (SSSR count). The van der Waals surface area contributed by atoms with Crippen molar-refractivity contribution < 1.29 is 9.53 Å². The lowest BCUT2D eigenvalue weighted by atomic mass is 10.1. The van der Waals surface area contributed by atoms with Gasteiger partial charge in [0.1, 0.15) is 5.82 Å². The summed E-state index contributed by atoms with van der Waals surface area (Å²) in [7, 11) is 0. The van der Waals surface area contributed by atoms with Crippen molar-refractivity contribution in [1.29, 1.82) is 0 Å². The maximum absolute atomic E-state index is 12.8. The highest BCUT2D eigenvalue weighted by atomic mass is 127. The number of aromatic nitrogens is 3. The van der Waals surface area contributed by atoms with Gasteiger partial charge in [0.15, 0.2) is 0 Å². The fourth-order valence-electron chi connectivity index (χ4n) is 4.62. The molecule has 1 amide bonds. The Morgan fingerprint density at radius 2 is 1.81 bits per heavy atom. The predicted molar refractivity (Wildman–Crippen MR) is 155 cm³/mol. The number of fused-ring (bicyclic) bond motifs is 1. The number of carbonyl (C=O) groups excluding carboxylic acids is 1. The molecule has 7 nitrogen and oxygen atoms in total. The predicted octanol–water partition coefficient (Wildman–Crippen LogP) is 5.46. The summed E-state index contributed by atoms with van der Waals surface area (Å²) < 4.78 is 6.95. The van der Waals surface area contributed by atoms with Gasteiger partial charge >= 0.3 is 0 Å². The Balaban J connectivity index is 1.35. The fraction of sp³-hybridized carbons (Fsp3) is 0.310. The van der Waals surface area contributed by atoms with Crippen LogP contribution in [0.1, 0.15) is 41.0 Å². The first-order chi connectivity index (χ1) is 17.8. The van der Waals surface area contributed by atoms with Crippen LogP contribution >= 0.6 is 22.6 Å². The fourth-order valence-corrected chi connectivity index (χ4v) is 5.39. The van der Waals surface area contributed by atoms with Gasteiger partial charge in [0.25, 0.3) is 5.91 Å². The van der Waals surface area contributed by atoms with E-state index in [1.807, 2.05) is 55.5 Å². The van der Waals surface area contributed by atoms with Crippen molar-refractivity contribution in [3.8, 4) is 11.4 Å². The number of halogens is 1. The van der Waals surface area contributed by atoms with E-state index < -0.39 is 0 Å². The molecule has 1 aliphatic rings. The van der Waals surface area contributed by atoms with Crippen LogP contribution in [0.2, 0.25) is 0 Å². The molecule has 3 aromatic heterocycles. The topological polar surface area (TPSA) is 80.2 Å². The summed E-state index contributed by atoms with van der Waals surface area (Å²) in [5.41, 5.74) is 6.15. The van der Waals surface area contributed by atoms with Crippen molar-refractivity contribution in [3.63, 3.8) is 0 Å². The molecule has 0 bridgehead atoms. The smallest absolute Gasteiger partial charge is 0.251 e. The van der Waals surface area contributed by atoms with Gasteiger partial charge in [-0.25, -0.2) is 9.97 Å². The van der Waals surface area contributed by atoms with E-state index in [9.17, 15) is 4.79 Å². The molecule has 4 aromatic rings. The molecule has 1 saturated heterocycles. The minimum Gasteiger partial charge on any atom is -0.372 e. The Morgan fingerprint density at radius 1 is 1.05 bits per heavy atom. The van der Waals surface area contributed by atoms with E-state index >= 15 is 0 Å². The quantitative estimate of drug-likeness (QED) is 0.304. The Morgan fingerprint density at radius 3 is 2.57 bits per heavy atom. The number of anilines is 1. The molecule has 0 spiro atoms. The van der Waals surface area contributed by atoms with Crippen LogP contribution in [0.3, 0.4) is 0 Å². The van der Waals surface area contributed by atoms with Gasteiger partial charge in [-0.15, -0.1) is 0 Å². The van der Waals surface area contributed by atoms with E-state index in [4.69, 9.17) is 14.7 Å². The van der Waals surface area contributed by atoms with Crippen LogP contribution in [0.25, 0.3) is 22.3 Å². The molecule has 1 aromatic carbocycles. The van der Waals surface area contributed by atoms with Crippen LogP contribution in [0.15, 0.2) is 54.7 Å².